The van der Waals surface area contributed by atoms with Crippen molar-refractivity contribution < 1.29 is 35.1 Å². The van der Waals surface area contributed by atoms with Crippen molar-refractivity contribution in [2.24, 2.45) is 0 Å². The van der Waals surface area contributed by atoms with Crippen molar-refractivity contribution >= 4 is 31.5 Å². The number of hydrogen-bond acceptors (Lipinski definition) is 5. The van der Waals surface area contributed by atoms with Gasteiger partial charge in [0.1, 0.15) is 10.6 Å². The lowest BCUT2D eigenvalue weighted by atomic mass is 10.2. The van der Waals surface area contributed by atoms with E-state index in [9.17, 15) is 30.4 Å². The van der Waals surface area contributed by atoms with Crippen molar-refractivity contribution in [2.45, 2.75) is 21.9 Å². The van der Waals surface area contributed by atoms with Crippen LogP contribution in [0.25, 0.3) is 0 Å². The van der Waals surface area contributed by atoms with Crippen LogP contribution in [0.3, 0.4) is 0 Å². The van der Waals surface area contributed by atoms with Crippen molar-refractivity contribution in [1.82, 2.24) is 0 Å². The number of nitriles is 1. The Labute approximate surface area is 123 Å². The van der Waals surface area contributed by atoms with E-state index in [2.05, 4.69) is 4.74 Å². The molecule has 1 aromatic carbocycles. The van der Waals surface area contributed by atoms with Gasteiger partial charge in [-0.25, -0.2) is 8.42 Å². The van der Waals surface area contributed by atoms with Gasteiger partial charge in [-0.3, -0.25) is 0 Å². The average molecular weight is 368 g/mol. The number of halogens is 6. The average Bonchev–Trinajstić information content (AvgIpc) is 2.23. The van der Waals surface area contributed by atoms with Gasteiger partial charge in [-0.15, -0.1) is 0 Å². The lowest BCUT2D eigenvalue weighted by Gasteiger charge is -2.14. The maximum absolute atomic E-state index is 12.4. The number of ether oxygens (including phenoxy) is 1. The van der Waals surface area contributed by atoms with Gasteiger partial charge in [0.15, 0.2) is 0 Å². The molecule has 1 rings (SSSR count). The minimum absolute atomic E-state index is 0.499. The van der Waals surface area contributed by atoms with Crippen LogP contribution >= 0.6 is 22.4 Å². The van der Waals surface area contributed by atoms with Gasteiger partial charge < -0.3 is 4.74 Å². The van der Waals surface area contributed by atoms with Gasteiger partial charge >= 0.3 is 12.1 Å². The normalized spacial score (nSPS) is 12.3. The van der Waals surface area contributed by atoms with E-state index in [0.29, 0.717) is 12.1 Å². The van der Waals surface area contributed by atoms with Gasteiger partial charge in [0.05, 0.1) is 11.6 Å². The molecule has 0 aromatic heterocycles. The maximum atomic E-state index is 12.4. The summed E-state index contributed by atoms with van der Waals surface area (Å²) in [6, 6.07) is 2.52. The van der Waals surface area contributed by atoms with E-state index in [0.717, 1.165) is 0 Å². The molecule has 0 saturated carbocycles. The fraction of sp³-hybridized carbons (Fsp3) is 0.222. The molecule has 1 aromatic rings. The van der Waals surface area contributed by atoms with Crippen molar-refractivity contribution in [3.8, 4) is 11.8 Å². The van der Waals surface area contributed by atoms with Crippen molar-refractivity contribution in [3.63, 3.8) is 0 Å². The molecule has 116 valence electrons. The molecule has 0 atom stereocenters. The summed E-state index contributed by atoms with van der Waals surface area (Å²) in [6.07, 6.45) is 0. The number of hydrogen-bond donors (Lipinski definition) is 0. The van der Waals surface area contributed by atoms with E-state index in [4.69, 9.17) is 15.9 Å². The first-order chi connectivity index (χ1) is 9.44. The Kier molecular flexibility index (Phi) is 5.30. The van der Waals surface area contributed by atoms with Crippen LogP contribution in [0.1, 0.15) is 5.56 Å². The van der Waals surface area contributed by atoms with Crippen LogP contribution in [0.5, 0.6) is 5.75 Å². The highest BCUT2D eigenvalue weighted by Crippen LogP contribution is 2.44. The lowest BCUT2D eigenvalue weighted by Crippen LogP contribution is -2.09. The Morgan fingerprint density at radius 2 is 1.90 bits per heavy atom. The number of rotatable bonds is 4. The van der Waals surface area contributed by atoms with Gasteiger partial charge in [0.2, 0.25) is 0 Å². The molecule has 0 spiro atoms. The second-order valence-electron chi connectivity index (χ2n) is 3.28. The number of alkyl halides is 5. The highest BCUT2D eigenvalue weighted by Gasteiger charge is 2.35. The zero-order chi connectivity index (χ0) is 16.4. The molecule has 12 heteroatoms. The van der Waals surface area contributed by atoms with Gasteiger partial charge in [-0.2, -0.15) is 27.2 Å². The number of benzene rings is 1. The second-order valence-corrected chi connectivity index (χ2v) is 6.89. The van der Waals surface area contributed by atoms with E-state index in [1.165, 1.54) is 6.07 Å². The van der Waals surface area contributed by atoms with Crippen LogP contribution in [0, 0.1) is 11.3 Å². The monoisotopic (exact) mass is 367 g/mol. The molecule has 0 N–H and O–H groups in total. The minimum Gasteiger partial charge on any atom is -0.433 e. The summed E-state index contributed by atoms with van der Waals surface area (Å²) in [4.78, 5) is -2.31. The molecule has 0 heterocycles. The molecule has 0 aliphatic heterocycles. The van der Waals surface area contributed by atoms with Crippen LogP contribution in [0.15, 0.2) is 21.9 Å². The smallest absolute Gasteiger partial charge is 0.433 e. The molecule has 0 unspecified atom stereocenters. The first kappa shape index (κ1) is 17.8. The van der Waals surface area contributed by atoms with Gasteiger partial charge in [-0.05, 0) is 23.9 Å². The van der Waals surface area contributed by atoms with E-state index >= 15 is 0 Å². The summed E-state index contributed by atoms with van der Waals surface area (Å²) in [6.45, 7) is -3.51. The molecule has 4 nitrogen and oxygen atoms in total. The van der Waals surface area contributed by atoms with Crippen LogP contribution in [0.4, 0.5) is 22.0 Å². The summed E-state index contributed by atoms with van der Waals surface area (Å²) in [5.74, 6) is -1.13. The molecule has 21 heavy (non-hydrogen) atoms. The Balaban J connectivity index is 3.63. The zero-order valence-electron chi connectivity index (χ0n) is 9.49. The molecule has 0 amide bonds. The second kappa shape index (κ2) is 6.25. The summed E-state index contributed by atoms with van der Waals surface area (Å²) >= 11 is -0.915. The fourth-order valence-electron chi connectivity index (χ4n) is 1.27. The molecular weight excluding hydrogens is 365 g/mol. The molecule has 0 fully saturated rings. The number of thioether (sulfide) groups is 1. The Hall–Kier alpha value is -1.25. The van der Waals surface area contributed by atoms with E-state index in [1.807, 2.05) is 0 Å². The summed E-state index contributed by atoms with van der Waals surface area (Å²) in [5.41, 5.74) is -5.42. The van der Waals surface area contributed by atoms with Crippen molar-refractivity contribution in [3.05, 3.63) is 17.7 Å². The molecular formula is C9H3ClF5NO3S2. The molecule has 0 bridgehead atoms. The van der Waals surface area contributed by atoms with Gasteiger partial charge in [0, 0.05) is 15.6 Å². The third-order valence-corrected chi connectivity index (χ3v) is 4.11. The topological polar surface area (TPSA) is 67.2 Å². The quantitative estimate of drug-likeness (QED) is 0.461. The first-order valence-electron chi connectivity index (χ1n) is 4.67. The predicted molar refractivity (Wildman–Crippen MR) is 62.7 cm³/mol. The zero-order valence-corrected chi connectivity index (χ0v) is 11.9. The Morgan fingerprint density at radius 1 is 1.33 bits per heavy atom. The summed E-state index contributed by atoms with van der Waals surface area (Å²) in [7, 11) is 0.137. The SMILES string of the molecule is N#Cc1cc(OC(F)F)c(S(=O)(=O)Cl)c(SC(F)(F)F)c1. The molecule has 0 aliphatic carbocycles. The van der Waals surface area contributed by atoms with E-state index in [1.54, 1.807) is 0 Å². The Bertz CT molecular complexity index is 684. The third-order valence-electron chi connectivity index (χ3n) is 1.84. The standard InChI is InChI=1S/C9H3ClF5NO3S2/c10-21(17,18)7-5(19-8(11)12)1-4(3-16)2-6(7)20-9(13,14)15/h1-2,8H. The van der Waals surface area contributed by atoms with Crippen LogP contribution < -0.4 is 4.74 Å². The van der Waals surface area contributed by atoms with Crippen LogP contribution in [-0.4, -0.2) is 20.5 Å². The number of nitrogens with zero attached hydrogens (tertiary/aromatic N) is 1. The Morgan fingerprint density at radius 3 is 2.29 bits per heavy atom. The summed E-state index contributed by atoms with van der Waals surface area (Å²) < 4.78 is 88.1. The van der Waals surface area contributed by atoms with E-state index < -0.39 is 54.0 Å². The van der Waals surface area contributed by atoms with Crippen molar-refractivity contribution in [2.75, 3.05) is 0 Å². The van der Waals surface area contributed by atoms with Crippen molar-refractivity contribution in [1.29, 1.82) is 5.26 Å². The third kappa shape index (κ3) is 5.22. The first-order valence-corrected chi connectivity index (χ1v) is 7.80. The van der Waals surface area contributed by atoms with Gasteiger partial charge in [0.25, 0.3) is 9.05 Å². The maximum Gasteiger partial charge on any atom is 0.446 e. The fourth-order valence-corrected chi connectivity index (χ4v) is 3.61. The molecule has 0 aliphatic rings. The highest BCUT2D eigenvalue weighted by molar-refractivity contribution is 8.14. The summed E-state index contributed by atoms with van der Waals surface area (Å²) in [5, 5.41) is 8.65. The lowest BCUT2D eigenvalue weighted by molar-refractivity contribution is -0.0520. The highest BCUT2D eigenvalue weighted by atomic mass is 35.7. The molecule has 0 radical (unpaired) electrons. The minimum atomic E-state index is -4.92. The molecule has 0 saturated heterocycles. The predicted octanol–water partition coefficient (Wildman–Crippen LogP) is 3.70. The van der Waals surface area contributed by atoms with Crippen LogP contribution in [-0.2, 0) is 9.05 Å². The largest absolute Gasteiger partial charge is 0.446 e. The van der Waals surface area contributed by atoms with Gasteiger partial charge in [-0.1, -0.05) is 0 Å². The van der Waals surface area contributed by atoms with Crippen LogP contribution in [0.2, 0.25) is 0 Å². The van der Waals surface area contributed by atoms with E-state index in [-0.39, 0.29) is 0 Å².